The summed E-state index contributed by atoms with van der Waals surface area (Å²) in [6.07, 6.45) is 9.08. The van der Waals surface area contributed by atoms with Gasteiger partial charge in [0.15, 0.2) is 0 Å². The fourth-order valence-corrected chi connectivity index (χ4v) is 3.48. The summed E-state index contributed by atoms with van der Waals surface area (Å²) < 4.78 is 0. The summed E-state index contributed by atoms with van der Waals surface area (Å²) in [4.78, 5) is 0. The third-order valence-corrected chi connectivity index (χ3v) is 5.43. The minimum atomic E-state index is -1.03. The van der Waals surface area contributed by atoms with E-state index in [2.05, 4.69) is 48.6 Å². The molecule has 0 saturated carbocycles. The molecule has 0 nitrogen and oxygen atoms in total. The molecule has 0 fully saturated rings. The van der Waals surface area contributed by atoms with Crippen LogP contribution in [0.2, 0.25) is 19.6 Å². The number of halogens is 1. The molecule has 14 heavy (non-hydrogen) atoms. The van der Waals surface area contributed by atoms with Crippen molar-refractivity contribution in [3.8, 4) is 0 Å². The van der Waals surface area contributed by atoms with Crippen LogP contribution in [0.1, 0.15) is 39.0 Å². The highest BCUT2D eigenvalue weighted by molar-refractivity contribution is 9.09. The summed E-state index contributed by atoms with van der Waals surface area (Å²) >= 11 is 3.51. The predicted octanol–water partition coefficient (Wildman–Crippen LogP) is 5.16. The molecule has 0 aliphatic rings. The van der Waals surface area contributed by atoms with Gasteiger partial charge in [0.1, 0.15) is 0 Å². The first kappa shape index (κ1) is 14.4. The lowest BCUT2D eigenvalue weighted by Crippen LogP contribution is -2.24. The molecule has 2 heteroatoms. The van der Waals surface area contributed by atoms with E-state index >= 15 is 0 Å². The van der Waals surface area contributed by atoms with Crippen LogP contribution in [0, 0.1) is 0 Å². The number of alkyl halides is 1. The standard InChI is InChI=1S/C12H25BrSi/c1-5-6-7-9-12(10-8-11-13)14(2,3)4/h9H,5-8,10-11H2,1-4H3/b12-9+. The zero-order chi connectivity index (χ0) is 11.0. The summed E-state index contributed by atoms with van der Waals surface area (Å²) in [5.41, 5.74) is 0. The van der Waals surface area contributed by atoms with Crippen molar-refractivity contribution in [3.63, 3.8) is 0 Å². The molecule has 0 aromatic rings. The van der Waals surface area contributed by atoms with Gasteiger partial charge in [-0.25, -0.2) is 0 Å². The second-order valence-corrected chi connectivity index (χ2v) is 10.8. The Bertz CT molecular complexity index is 168. The number of allylic oxidation sites excluding steroid dienone is 2. The van der Waals surface area contributed by atoms with Crippen molar-refractivity contribution in [2.75, 3.05) is 5.33 Å². The van der Waals surface area contributed by atoms with Gasteiger partial charge in [0.2, 0.25) is 0 Å². The highest BCUT2D eigenvalue weighted by Crippen LogP contribution is 2.21. The van der Waals surface area contributed by atoms with Crippen molar-refractivity contribution in [2.45, 2.75) is 58.7 Å². The molecule has 0 unspecified atom stereocenters. The average Bonchev–Trinajstić information content (AvgIpc) is 2.09. The SMILES string of the molecule is CCCC/C=C(\CCCBr)[Si](C)(C)C. The highest BCUT2D eigenvalue weighted by atomic mass is 79.9. The zero-order valence-electron chi connectivity index (χ0n) is 10.2. The minimum absolute atomic E-state index is 1.03. The van der Waals surface area contributed by atoms with E-state index in [-0.39, 0.29) is 0 Å². The molecule has 0 aromatic carbocycles. The van der Waals surface area contributed by atoms with E-state index in [1.54, 1.807) is 5.20 Å². The lowest BCUT2D eigenvalue weighted by Gasteiger charge is -2.21. The van der Waals surface area contributed by atoms with Gasteiger partial charge in [-0.2, -0.15) is 0 Å². The van der Waals surface area contributed by atoms with Gasteiger partial charge in [0.05, 0.1) is 8.07 Å². The van der Waals surface area contributed by atoms with Crippen LogP contribution in [-0.2, 0) is 0 Å². The van der Waals surface area contributed by atoms with Crippen molar-refractivity contribution in [1.82, 2.24) is 0 Å². The summed E-state index contributed by atoms with van der Waals surface area (Å²) in [6.45, 7) is 9.64. The molecule has 0 aliphatic heterocycles. The van der Waals surface area contributed by atoms with E-state index in [1.807, 2.05) is 0 Å². The second-order valence-electron chi connectivity index (χ2n) is 4.91. The van der Waals surface area contributed by atoms with Crippen molar-refractivity contribution in [1.29, 1.82) is 0 Å². The molecule has 0 spiro atoms. The maximum Gasteiger partial charge on any atom is 0.0720 e. The number of rotatable bonds is 7. The molecule has 0 N–H and O–H groups in total. The topological polar surface area (TPSA) is 0 Å². The Morgan fingerprint density at radius 3 is 2.29 bits per heavy atom. The largest absolute Gasteiger partial charge is 0.0928 e. The van der Waals surface area contributed by atoms with Crippen LogP contribution < -0.4 is 0 Å². The normalized spacial score (nSPS) is 13.4. The molecule has 0 saturated heterocycles. The van der Waals surface area contributed by atoms with Crippen LogP contribution >= 0.6 is 15.9 Å². The minimum Gasteiger partial charge on any atom is -0.0928 e. The van der Waals surface area contributed by atoms with Crippen molar-refractivity contribution >= 4 is 24.0 Å². The molecule has 0 amide bonds. The lowest BCUT2D eigenvalue weighted by atomic mass is 10.2. The van der Waals surface area contributed by atoms with Crippen LogP contribution in [0.25, 0.3) is 0 Å². The van der Waals surface area contributed by atoms with Gasteiger partial charge in [0, 0.05) is 5.33 Å². The van der Waals surface area contributed by atoms with Crippen LogP contribution in [0.3, 0.4) is 0 Å². The third kappa shape index (κ3) is 6.83. The highest BCUT2D eigenvalue weighted by Gasteiger charge is 2.18. The molecule has 0 radical (unpaired) electrons. The molecular weight excluding hydrogens is 252 g/mol. The molecule has 84 valence electrons. The molecule has 0 aromatic heterocycles. The Balaban J connectivity index is 4.16. The van der Waals surface area contributed by atoms with Gasteiger partial charge in [-0.05, 0) is 19.3 Å². The van der Waals surface area contributed by atoms with Crippen LogP contribution in [0.15, 0.2) is 11.3 Å². The van der Waals surface area contributed by atoms with Gasteiger partial charge < -0.3 is 0 Å². The summed E-state index contributed by atoms with van der Waals surface area (Å²) in [7, 11) is -1.03. The Kier molecular flexibility index (Phi) is 7.93. The van der Waals surface area contributed by atoms with E-state index in [1.165, 1.54) is 32.1 Å². The summed E-state index contributed by atoms with van der Waals surface area (Å²) in [5, 5.41) is 2.91. The van der Waals surface area contributed by atoms with Crippen molar-refractivity contribution in [2.24, 2.45) is 0 Å². The van der Waals surface area contributed by atoms with Gasteiger partial charge in [0.25, 0.3) is 0 Å². The van der Waals surface area contributed by atoms with E-state index in [0.29, 0.717) is 0 Å². The molecule has 0 bridgehead atoms. The van der Waals surface area contributed by atoms with Gasteiger partial charge >= 0.3 is 0 Å². The quantitative estimate of drug-likeness (QED) is 0.343. The van der Waals surface area contributed by atoms with E-state index < -0.39 is 8.07 Å². The Morgan fingerprint density at radius 1 is 1.21 bits per heavy atom. The van der Waals surface area contributed by atoms with E-state index in [9.17, 15) is 0 Å². The fraction of sp³-hybridized carbons (Fsp3) is 0.833. The van der Waals surface area contributed by atoms with Crippen molar-refractivity contribution in [3.05, 3.63) is 11.3 Å². The van der Waals surface area contributed by atoms with E-state index in [4.69, 9.17) is 0 Å². The summed E-state index contributed by atoms with van der Waals surface area (Å²) in [6, 6.07) is 0. The number of unbranched alkanes of at least 4 members (excludes halogenated alkanes) is 2. The van der Waals surface area contributed by atoms with Crippen molar-refractivity contribution < 1.29 is 0 Å². The smallest absolute Gasteiger partial charge is 0.0720 e. The van der Waals surface area contributed by atoms with Gasteiger partial charge in [-0.15, -0.1) is 0 Å². The third-order valence-electron chi connectivity index (χ3n) is 2.49. The molecule has 0 heterocycles. The molecular formula is C12H25BrSi. The Labute approximate surface area is 99.3 Å². The maximum absolute atomic E-state index is 3.51. The van der Waals surface area contributed by atoms with Crippen LogP contribution in [0.5, 0.6) is 0 Å². The number of hydrogen-bond donors (Lipinski definition) is 0. The van der Waals surface area contributed by atoms with Crippen LogP contribution in [-0.4, -0.2) is 13.4 Å². The number of hydrogen-bond acceptors (Lipinski definition) is 0. The first-order valence-corrected chi connectivity index (χ1v) is 10.4. The second kappa shape index (κ2) is 7.69. The fourth-order valence-electron chi connectivity index (χ4n) is 1.52. The monoisotopic (exact) mass is 276 g/mol. The predicted molar refractivity (Wildman–Crippen MR) is 74.0 cm³/mol. The first-order chi connectivity index (χ1) is 6.52. The average molecular weight is 277 g/mol. The molecule has 0 aliphatic carbocycles. The van der Waals surface area contributed by atoms with Gasteiger partial charge in [-0.1, -0.05) is 66.6 Å². The Hall–Kier alpha value is 0.437. The molecule has 0 rings (SSSR count). The first-order valence-electron chi connectivity index (χ1n) is 5.77. The van der Waals surface area contributed by atoms with E-state index in [0.717, 1.165) is 5.33 Å². The maximum atomic E-state index is 3.51. The Morgan fingerprint density at radius 2 is 1.86 bits per heavy atom. The van der Waals surface area contributed by atoms with Gasteiger partial charge in [-0.3, -0.25) is 0 Å². The lowest BCUT2D eigenvalue weighted by molar-refractivity contribution is 0.807. The zero-order valence-corrected chi connectivity index (χ0v) is 12.8. The van der Waals surface area contributed by atoms with Crippen LogP contribution in [0.4, 0.5) is 0 Å². The molecule has 0 atom stereocenters. The summed E-state index contributed by atoms with van der Waals surface area (Å²) in [5.74, 6) is 0.